The summed E-state index contributed by atoms with van der Waals surface area (Å²) in [6.45, 7) is 1.53. The Morgan fingerprint density at radius 3 is 2.75 bits per heavy atom. The zero-order valence-electron chi connectivity index (χ0n) is 15.1. The van der Waals surface area contributed by atoms with Gasteiger partial charge in [-0.25, -0.2) is 14.2 Å². The van der Waals surface area contributed by atoms with E-state index in [2.05, 4.69) is 10.3 Å². The number of amides is 2. The first kappa shape index (κ1) is 18.0. The number of aromatic nitrogens is 1. The SMILES string of the molecule is Cc1ccc2oc(-c3ccc(NC(=O)N(CC(=O)O)C4CC4)c(F)c3)nc2c1. The molecular formula is C20H18FN3O4. The molecule has 1 aliphatic rings. The molecule has 0 saturated heterocycles. The normalized spacial score (nSPS) is 13.5. The Morgan fingerprint density at radius 1 is 1.29 bits per heavy atom. The minimum absolute atomic E-state index is 0.0308. The molecule has 1 heterocycles. The highest BCUT2D eigenvalue weighted by Crippen LogP contribution is 2.29. The van der Waals surface area contributed by atoms with Crippen molar-refractivity contribution >= 4 is 28.8 Å². The van der Waals surface area contributed by atoms with Gasteiger partial charge in [-0.3, -0.25) is 4.79 Å². The number of hydrogen-bond acceptors (Lipinski definition) is 4. The first-order valence-corrected chi connectivity index (χ1v) is 8.87. The van der Waals surface area contributed by atoms with Crippen molar-refractivity contribution in [3.63, 3.8) is 0 Å². The number of halogens is 1. The number of hydrogen-bond donors (Lipinski definition) is 2. The number of anilines is 1. The van der Waals surface area contributed by atoms with Gasteiger partial charge in [-0.2, -0.15) is 0 Å². The standard InChI is InChI=1S/C20H18FN3O4/c1-11-2-7-17-16(8-11)22-19(28-17)12-3-6-15(14(21)9-12)23-20(27)24(10-18(25)26)13-4-5-13/h2-3,6-9,13H,4-5,10H2,1H3,(H,23,27)(H,25,26). The molecule has 28 heavy (non-hydrogen) atoms. The molecule has 0 atom stereocenters. The van der Waals surface area contributed by atoms with E-state index in [0.717, 1.165) is 18.4 Å². The second-order valence-corrected chi connectivity index (χ2v) is 6.87. The van der Waals surface area contributed by atoms with Crippen molar-refractivity contribution in [2.24, 2.45) is 0 Å². The van der Waals surface area contributed by atoms with Crippen molar-refractivity contribution in [3.8, 4) is 11.5 Å². The van der Waals surface area contributed by atoms with Crippen LogP contribution >= 0.6 is 0 Å². The van der Waals surface area contributed by atoms with Crippen LogP contribution in [0.4, 0.5) is 14.9 Å². The Bertz CT molecular complexity index is 1070. The van der Waals surface area contributed by atoms with Gasteiger partial charge >= 0.3 is 12.0 Å². The van der Waals surface area contributed by atoms with E-state index in [4.69, 9.17) is 9.52 Å². The molecule has 144 valence electrons. The number of aliphatic carboxylic acids is 1. The van der Waals surface area contributed by atoms with Gasteiger partial charge < -0.3 is 19.7 Å². The number of nitrogens with one attached hydrogen (secondary N) is 1. The van der Waals surface area contributed by atoms with Gasteiger partial charge in [-0.15, -0.1) is 0 Å². The molecule has 4 rings (SSSR count). The summed E-state index contributed by atoms with van der Waals surface area (Å²) in [5.41, 5.74) is 2.73. The maximum absolute atomic E-state index is 14.5. The number of carbonyl (C=O) groups is 2. The summed E-state index contributed by atoms with van der Waals surface area (Å²) in [5.74, 6) is -1.48. The van der Waals surface area contributed by atoms with E-state index in [1.165, 1.54) is 17.0 Å². The van der Waals surface area contributed by atoms with Crippen LogP contribution in [0, 0.1) is 12.7 Å². The van der Waals surface area contributed by atoms with Crippen LogP contribution < -0.4 is 5.32 Å². The lowest BCUT2D eigenvalue weighted by Gasteiger charge is -2.21. The number of rotatable bonds is 5. The fourth-order valence-electron chi connectivity index (χ4n) is 3.00. The topological polar surface area (TPSA) is 95.7 Å². The number of fused-ring (bicyclic) bond motifs is 1. The lowest BCUT2D eigenvalue weighted by atomic mass is 10.2. The maximum Gasteiger partial charge on any atom is 0.323 e. The smallest absolute Gasteiger partial charge is 0.323 e. The van der Waals surface area contributed by atoms with E-state index in [1.54, 1.807) is 12.1 Å². The average molecular weight is 383 g/mol. The highest BCUT2D eigenvalue weighted by Gasteiger charge is 2.34. The molecule has 3 aromatic rings. The second-order valence-electron chi connectivity index (χ2n) is 6.87. The Hall–Kier alpha value is -3.42. The quantitative estimate of drug-likeness (QED) is 0.694. The molecule has 0 unspecified atom stereocenters. The number of carboxylic acid groups (broad SMARTS) is 1. The molecular weight excluding hydrogens is 365 g/mol. The van der Waals surface area contributed by atoms with E-state index in [-0.39, 0.29) is 17.6 Å². The molecule has 2 aromatic carbocycles. The van der Waals surface area contributed by atoms with Crippen LogP contribution in [-0.2, 0) is 4.79 Å². The minimum atomic E-state index is -1.11. The summed E-state index contributed by atoms with van der Waals surface area (Å²) in [6, 6.07) is 9.08. The van der Waals surface area contributed by atoms with Gasteiger partial charge in [-0.1, -0.05) is 6.07 Å². The third-order valence-corrected chi connectivity index (χ3v) is 4.55. The average Bonchev–Trinajstić information content (AvgIpc) is 3.40. The molecule has 0 aliphatic heterocycles. The number of urea groups is 1. The lowest BCUT2D eigenvalue weighted by molar-refractivity contribution is -0.137. The van der Waals surface area contributed by atoms with Crippen LogP contribution in [0.3, 0.4) is 0 Å². The number of oxazole rings is 1. The molecule has 1 saturated carbocycles. The predicted molar refractivity (Wildman–Crippen MR) is 101 cm³/mol. The Kier molecular flexibility index (Phi) is 4.46. The van der Waals surface area contributed by atoms with E-state index >= 15 is 0 Å². The molecule has 1 fully saturated rings. The Balaban J connectivity index is 1.55. The third kappa shape index (κ3) is 3.66. The van der Waals surface area contributed by atoms with Crippen molar-refractivity contribution in [2.45, 2.75) is 25.8 Å². The van der Waals surface area contributed by atoms with Gasteiger partial charge in [-0.05, 0) is 55.7 Å². The van der Waals surface area contributed by atoms with Gasteiger partial charge in [0.1, 0.15) is 17.9 Å². The highest BCUT2D eigenvalue weighted by molar-refractivity contribution is 5.92. The zero-order chi connectivity index (χ0) is 19.8. The summed E-state index contributed by atoms with van der Waals surface area (Å²) in [7, 11) is 0. The molecule has 0 spiro atoms. The van der Waals surface area contributed by atoms with Crippen molar-refractivity contribution < 1.29 is 23.5 Å². The molecule has 2 amide bonds. The largest absolute Gasteiger partial charge is 0.480 e. The van der Waals surface area contributed by atoms with Crippen molar-refractivity contribution in [1.82, 2.24) is 9.88 Å². The minimum Gasteiger partial charge on any atom is -0.480 e. The molecule has 1 aromatic heterocycles. The maximum atomic E-state index is 14.5. The summed E-state index contributed by atoms with van der Waals surface area (Å²) < 4.78 is 20.2. The molecule has 0 bridgehead atoms. The number of carbonyl (C=O) groups excluding carboxylic acids is 1. The third-order valence-electron chi connectivity index (χ3n) is 4.55. The van der Waals surface area contributed by atoms with Crippen LogP contribution in [0.15, 0.2) is 40.8 Å². The van der Waals surface area contributed by atoms with E-state index < -0.39 is 24.4 Å². The van der Waals surface area contributed by atoms with Gasteiger partial charge in [0, 0.05) is 11.6 Å². The molecule has 7 nitrogen and oxygen atoms in total. The van der Waals surface area contributed by atoms with Crippen LogP contribution in [-0.4, -0.2) is 39.6 Å². The summed E-state index contributed by atoms with van der Waals surface area (Å²) in [6.07, 6.45) is 1.50. The van der Waals surface area contributed by atoms with E-state index in [1.807, 2.05) is 19.1 Å². The van der Waals surface area contributed by atoms with E-state index in [9.17, 15) is 14.0 Å². The van der Waals surface area contributed by atoms with Gasteiger partial charge in [0.2, 0.25) is 5.89 Å². The second kappa shape index (κ2) is 6.95. The monoisotopic (exact) mass is 383 g/mol. The first-order chi connectivity index (χ1) is 13.4. The molecule has 8 heteroatoms. The van der Waals surface area contributed by atoms with E-state index in [0.29, 0.717) is 16.7 Å². The lowest BCUT2D eigenvalue weighted by Crippen LogP contribution is -2.40. The molecule has 1 aliphatic carbocycles. The number of nitrogens with zero attached hydrogens (tertiary/aromatic N) is 2. The number of aryl methyl sites for hydroxylation is 1. The summed E-state index contributed by atoms with van der Waals surface area (Å²) in [5, 5.41) is 11.4. The fourth-order valence-corrected chi connectivity index (χ4v) is 3.00. The molecule has 0 radical (unpaired) electrons. The van der Waals surface area contributed by atoms with Crippen molar-refractivity contribution in [3.05, 3.63) is 47.8 Å². The highest BCUT2D eigenvalue weighted by atomic mass is 19.1. The fraction of sp³-hybridized carbons (Fsp3) is 0.250. The van der Waals surface area contributed by atoms with Crippen molar-refractivity contribution in [1.29, 1.82) is 0 Å². The predicted octanol–water partition coefficient (Wildman–Crippen LogP) is 4.02. The van der Waals surface area contributed by atoms with Crippen LogP contribution in [0.5, 0.6) is 0 Å². The molecule has 2 N–H and O–H groups in total. The van der Waals surface area contributed by atoms with Gasteiger partial charge in [0.15, 0.2) is 5.58 Å². The summed E-state index contributed by atoms with van der Waals surface area (Å²) >= 11 is 0. The van der Waals surface area contributed by atoms with Crippen LogP contribution in [0.1, 0.15) is 18.4 Å². The Morgan fingerprint density at radius 2 is 2.07 bits per heavy atom. The van der Waals surface area contributed by atoms with Gasteiger partial charge in [0.05, 0.1) is 5.69 Å². The Labute approximate surface area is 159 Å². The van der Waals surface area contributed by atoms with Gasteiger partial charge in [0.25, 0.3) is 0 Å². The summed E-state index contributed by atoms with van der Waals surface area (Å²) in [4.78, 5) is 28.9. The number of carboxylic acids is 1. The number of benzene rings is 2. The van der Waals surface area contributed by atoms with Crippen molar-refractivity contribution in [2.75, 3.05) is 11.9 Å². The van der Waals surface area contributed by atoms with Crippen LogP contribution in [0.25, 0.3) is 22.6 Å². The van der Waals surface area contributed by atoms with Crippen LogP contribution in [0.2, 0.25) is 0 Å². The first-order valence-electron chi connectivity index (χ1n) is 8.87. The zero-order valence-corrected chi connectivity index (χ0v) is 15.1.